The van der Waals surface area contributed by atoms with Crippen LogP contribution in [0.15, 0.2) is 59.9 Å². The van der Waals surface area contributed by atoms with Crippen molar-refractivity contribution in [3.05, 3.63) is 59.9 Å². The number of carbonyl (C=O) groups is 1. The highest BCUT2D eigenvalue weighted by Gasteiger charge is 2.46. The normalized spacial score (nSPS) is 20.8. The first-order valence-corrected chi connectivity index (χ1v) is 8.59. The monoisotopic (exact) mass is 352 g/mol. The van der Waals surface area contributed by atoms with Crippen molar-refractivity contribution in [1.82, 2.24) is 0 Å². The summed E-state index contributed by atoms with van der Waals surface area (Å²) in [5.74, 6) is 0.597. The molecule has 2 heterocycles. The van der Waals surface area contributed by atoms with Gasteiger partial charge in [0, 0.05) is 6.54 Å². The number of hydrogen-bond acceptors (Lipinski definition) is 6. The summed E-state index contributed by atoms with van der Waals surface area (Å²) in [5, 5.41) is 12.8. The number of benzene rings is 2. The molecule has 2 N–H and O–H groups in total. The third-order valence-corrected chi connectivity index (χ3v) is 4.71. The Bertz CT molecular complexity index is 876. The van der Waals surface area contributed by atoms with Gasteiger partial charge in [-0.25, -0.2) is 4.79 Å². The van der Waals surface area contributed by atoms with Gasteiger partial charge in [-0.05, 0) is 50.2 Å². The van der Waals surface area contributed by atoms with E-state index in [2.05, 4.69) is 17.1 Å². The fourth-order valence-electron chi connectivity index (χ4n) is 3.51. The van der Waals surface area contributed by atoms with E-state index in [0.717, 1.165) is 17.9 Å². The topological polar surface area (TPSA) is 71.0 Å². The number of aromatic hydroxyl groups is 1. The molecule has 4 rings (SSSR count). The van der Waals surface area contributed by atoms with Gasteiger partial charge in [-0.1, -0.05) is 12.1 Å². The SMILES string of the molecule is CCN1c2ccccc2N[C@@H]2C(C(=O)Oc3ccc(O)cc3)=C(C)O[C@H]21. The van der Waals surface area contributed by atoms with Gasteiger partial charge in [0.2, 0.25) is 0 Å². The van der Waals surface area contributed by atoms with Crippen molar-refractivity contribution in [1.29, 1.82) is 0 Å². The highest BCUT2D eigenvalue weighted by molar-refractivity contribution is 5.94. The highest BCUT2D eigenvalue weighted by Crippen LogP contribution is 2.41. The lowest BCUT2D eigenvalue weighted by Crippen LogP contribution is -2.51. The number of anilines is 2. The van der Waals surface area contributed by atoms with Crippen LogP contribution in [0.25, 0.3) is 0 Å². The molecule has 0 aromatic heterocycles. The minimum atomic E-state index is -0.455. The van der Waals surface area contributed by atoms with E-state index in [4.69, 9.17) is 9.47 Å². The Labute approximate surface area is 151 Å². The quantitative estimate of drug-likeness (QED) is 0.653. The molecule has 26 heavy (non-hydrogen) atoms. The zero-order valence-corrected chi connectivity index (χ0v) is 14.6. The molecule has 0 radical (unpaired) electrons. The number of ether oxygens (including phenoxy) is 2. The van der Waals surface area contributed by atoms with Crippen LogP contribution in [0, 0.1) is 0 Å². The molecule has 0 aliphatic carbocycles. The van der Waals surface area contributed by atoms with Crippen LogP contribution >= 0.6 is 0 Å². The highest BCUT2D eigenvalue weighted by atomic mass is 16.5. The Morgan fingerprint density at radius 3 is 2.69 bits per heavy atom. The number of allylic oxidation sites excluding steroid dienone is 1. The van der Waals surface area contributed by atoms with E-state index in [1.807, 2.05) is 24.3 Å². The molecule has 2 aromatic carbocycles. The number of phenols is 1. The second-order valence-corrected chi connectivity index (χ2v) is 6.29. The van der Waals surface area contributed by atoms with Gasteiger partial charge >= 0.3 is 5.97 Å². The molecule has 6 heteroatoms. The van der Waals surface area contributed by atoms with Crippen LogP contribution in [-0.2, 0) is 9.53 Å². The van der Waals surface area contributed by atoms with Gasteiger partial charge in [-0.3, -0.25) is 0 Å². The number of hydrogen-bond donors (Lipinski definition) is 2. The molecule has 0 spiro atoms. The number of esters is 1. The van der Waals surface area contributed by atoms with Crippen molar-refractivity contribution >= 4 is 17.3 Å². The molecule has 2 atom stereocenters. The van der Waals surface area contributed by atoms with E-state index in [1.54, 1.807) is 19.1 Å². The van der Waals surface area contributed by atoms with Crippen LogP contribution in [0.4, 0.5) is 11.4 Å². The molecule has 2 aliphatic rings. The lowest BCUT2D eigenvalue weighted by Gasteiger charge is -2.40. The molecule has 0 bridgehead atoms. The van der Waals surface area contributed by atoms with Crippen LogP contribution in [0.2, 0.25) is 0 Å². The number of fused-ring (bicyclic) bond motifs is 2. The molecule has 0 unspecified atom stereocenters. The Morgan fingerprint density at radius 2 is 1.96 bits per heavy atom. The van der Waals surface area contributed by atoms with Crippen LogP contribution in [-0.4, -0.2) is 29.9 Å². The Hall–Kier alpha value is -3.15. The second kappa shape index (κ2) is 6.29. The van der Waals surface area contributed by atoms with E-state index < -0.39 is 5.97 Å². The fourth-order valence-corrected chi connectivity index (χ4v) is 3.51. The molecule has 134 valence electrons. The average molecular weight is 352 g/mol. The smallest absolute Gasteiger partial charge is 0.345 e. The number of rotatable bonds is 3. The molecular formula is C20H20N2O4. The van der Waals surface area contributed by atoms with Crippen LogP contribution < -0.4 is 15.0 Å². The zero-order chi connectivity index (χ0) is 18.3. The minimum Gasteiger partial charge on any atom is -0.508 e. The summed E-state index contributed by atoms with van der Waals surface area (Å²) >= 11 is 0. The van der Waals surface area contributed by atoms with Crippen LogP contribution in [0.1, 0.15) is 13.8 Å². The van der Waals surface area contributed by atoms with Crippen LogP contribution in [0.3, 0.4) is 0 Å². The van der Waals surface area contributed by atoms with Crippen molar-refractivity contribution in [2.75, 3.05) is 16.8 Å². The summed E-state index contributed by atoms with van der Waals surface area (Å²) in [7, 11) is 0. The largest absolute Gasteiger partial charge is 0.508 e. The van der Waals surface area contributed by atoms with E-state index in [0.29, 0.717) is 17.1 Å². The molecule has 0 fully saturated rings. The first-order chi connectivity index (χ1) is 12.6. The predicted molar refractivity (Wildman–Crippen MR) is 98.2 cm³/mol. The average Bonchev–Trinajstić information content (AvgIpc) is 2.97. The standard InChI is InChI=1S/C20H20N2O4/c1-3-22-16-7-5-4-6-15(16)21-18-17(12(2)25-19(18)22)20(24)26-14-10-8-13(23)9-11-14/h4-11,18-19,21,23H,3H2,1-2H3/t18-,19-/m1/s1. The van der Waals surface area contributed by atoms with Gasteiger partial charge in [-0.15, -0.1) is 0 Å². The van der Waals surface area contributed by atoms with Gasteiger partial charge in [-0.2, -0.15) is 0 Å². The third kappa shape index (κ3) is 2.63. The summed E-state index contributed by atoms with van der Waals surface area (Å²) in [5.41, 5.74) is 2.50. The zero-order valence-electron chi connectivity index (χ0n) is 14.6. The summed E-state index contributed by atoms with van der Waals surface area (Å²) in [4.78, 5) is 14.9. The van der Waals surface area contributed by atoms with E-state index in [1.165, 1.54) is 12.1 Å². The summed E-state index contributed by atoms with van der Waals surface area (Å²) in [6.45, 7) is 4.60. The van der Waals surface area contributed by atoms with E-state index >= 15 is 0 Å². The molecule has 0 amide bonds. The second-order valence-electron chi connectivity index (χ2n) is 6.29. The Kier molecular flexibility index (Phi) is 3.95. The fraction of sp³-hybridized carbons (Fsp3) is 0.250. The maximum absolute atomic E-state index is 12.8. The van der Waals surface area contributed by atoms with Gasteiger partial charge in [0.25, 0.3) is 0 Å². The molecule has 0 saturated heterocycles. The molecule has 2 aliphatic heterocycles. The number of para-hydroxylation sites is 2. The Balaban J connectivity index is 1.62. The number of carbonyl (C=O) groups excluding carboxylic acids is 1. The van der Waals surface area contributed by atoms with Gasteiger partial charge in [0.05, 0.1) is 11.4 Å². The van der Waals surface area contributed by atoms with Crippen molar-refractivity contribution in [3.63, 3.8) is 0 Å². The maximum Gasteiger partial charge on any atom is 0.345 e. The number of likely N-dealkylation sites (N-methyl/N-ethyl adjacent to an activating group) is 1. The number of nitrogens with one attached hydrogen (secondary N) is 1. The van der Waals surface area contributed by atoms with E-state index in [9.17, 15) is 9.90 Å². The van der Waals surface area contributed by atoms with Crippen molar-refractivity contribution in [2.45, 2.75) is 26.1 Å². The Morgan fingerprint density at radius 1 is 1.23 bits per heavy atom. The molecular weight excluding hydrogens is 332 g/mol. The minimum absolute atomic E-state index is 0.119. The lowest BCUT2D eigenvalue weighted by molar-refractivity contribution is -0.130. The van der Waals surface area contributed by atoms with Crippen molar-refractivity contribution in [2.24, 2.45) is 0 Å². The van der Waals surface area contributed by atoms with Gasteiger partial charge in [0.15, 0.2) is 6.23 Å². The third-order valence-electron chi connectivity index (χ3n) is 4.71. The van der Waals surface area contributed by atoms with Gasteiger partial charge < -0.3 is 24.8 Å². The first kappa shape index (κ1) is 16.3. The van der Waals surface area contributed by atoms with Gasteiger partial charge in [0.1, 0.15) is 28.9 Å². The van der Waals surface area contributed by atoms with Crippen LogP contribution in [0.5, 0.6) is 11.5 Å². The van der Waals surface area contributed by atoms with E-state index in [-0.39, 0.29) is 18.0 Å². The molecule has 6 nitrogen and oxygen atoms in total. The molecule has 2 aromatic rings. The van der Waals surface area contributed by atoms with Crippen molar-refractivity contribution < 1.29 is 19.4 Å². The summed E-state index contributed by atoms with van der Waals surface area (Å²) < 4.78 is 11.5. The first-order valence-electron chi connectivity index (χ1n) is 8.59. The lowest BCUT2D eigenvalue weighted by atomic mass is 10.0. The predicted octanol–water partition coefficient (Wildman–Crippen LogP) is 3.25. The maximum atomic E-state index is 12.8. The summed E-state index contributed by atoms with van der Waals surface area (Å²) in [6.07, 6.45) is -0.294. The summed E-state index contributed by atoms with van der Waals surface area (Å²) in [6, 6.07) is 13.7. The number of phenolic OH excluding ortho intramolecular Hbond substituents is 1. The number of nitrogens with zero attached hydrogens (tertiary/aromatic N) is 1. The molecule has 0 saturated carbocycles. The van der Waals surface area contributed by atoms with Crippen molar-refractivity contribution in [3.8, 4) is 11.5 Å².